The molecule has 0 saturated carbocycles. The molecule has 0 fully saturated rings. The first kappa shape index (κ1) is 16.0. The van der Waals surface area contributed by atoms with Gasteiger partial charge in [-0.05, 0) is 17.7 Å². The van der Waals surface area contributed by atoms with Crippen molar-refractivity contribution in [3.63, 3.8) is 0 Å². The molecule has 6 nitrogen and oxygen atoms in total. The van der Waals surface area contributed by atoms with Crippen LogP contribution in [0.3, 0.4) is 0 Å². The number of carbonyl (C=O) groups is 2. The van der Waals surface area contributed by atoms with Gasteiger partial charge in [0.2, 0.25) is 5.91 Å². The molecule has 2 aromatic rings. The summed E-state index contributed by atoms with van der Waals surface area (Å²) in [6, 6.07) is 12.3. The molecule has 0 saturated heterocycles. The molecule has 1 aliphatic heterocycles. The summed E-state index contributed by atoms with van der Waals surface area (Å²) in [5.41, 5.74) is 1.52. The van der Waals surface area contributed by atoms with E-state index >= 15 is 0 Å². The fourth-order valence-corrected chi connectivity index (χ4v) is 3.11. The number of carboxylic acids is 1. The molecule has 2 heterocycles. The molecule has 0 radical (unpaired) electrons. The number of benzene rings is 1. The molecule has 0 spiro atoms. The Hall–Kier alpha value is -2.89. The number of hydrogen-bond acceptors (Lipinski definition) is 3. The first-order valence-corrected chi connectivity index (χ1v) is 7.83. The van der Waals surface area contributed by atoms with Gasteiger partial charge in [-0.2, -0.15) is 0 Å². The SMILES string of the molecule is O=C(O)CC1CN(C(=O)CCn2ccccc2=O)c2ccccc21. The molecule has 1 N–H and O–H groups in total. The van der Waals surface area contributed by atoms with Gasteiger partial charge in [0.25, 0.3) is 5.56 Å². The molecular weight excluding hydrogens is 308 g/mol. The summed E-state index contributed by atoms with van der Waals surface area (Å²) >= 11 is 0. The highest BCUT2D eigenvalue weighted by atomic mass is 16.4. The molecule has 0 aliphatic carbocycles. The Kier molecular flexibility index (Phi) is 4.46. The Morgan fingerprint density at radius 2 is 1.88 bits per heavy atom. The number of hydrogen-bond donors (Lipinski definition) is 1. The van der Waals surface area contributed by atoms with Gasteiger partial charge in [0.05, 0.1) is 6.42 Å². The van der Waals surface area contributed by atoms with Crippen LogP contribution in [0.4, 0.5) is 5.69 Å². The van der Waals surface area contributed by atoms with Crippen molar-refractivity contribution in [2.24, 2.45) is 0 Å². The van der Waals surface area contributed by atoms with Crippen molar-refractivity contribution in [2.75, 3.05) is 11.4 Å². The second-order valence-electron chi connectivity index (χ2n) is 5.84. The van der Waals surface area contributed by atoms with Crippen LogP contribution in [0, 0.1) is 0 Å². The molecule has 1 aliphatic rings. The average Bonchev–Trinajstić information content (AvgIpc) is 2.92. The normalized spacial score (nSPS) is 16.0. The van der Waals surface area contributed by atoms with Crippen molar-refractivity contribution in [2.45, 2.75) is 25.3 Å². The smallest absolute Gasteiger partial charge is 0.304 e. The van der Waals surface area contributed by atoms with Gasteiger partial charge in [0.1, 0.15) is 0 Å². The predicted octanol–water partition coefficient (Wildman–Crippen LogP) is 1.84. The molecule has 0 bridgehead atoms. The maximum atomic E-state index is 12.6. The zero-order valence-electron chi connectivity index (χ0n) is 13.1. The number of aryl methyl sites for hydroxylation is 1. The predicted molar refractivity (Wildman–Crippen MR) is 89.1 cm³/mol. The van der Waals surface area contributed by atoms with Crippen LogP contribution in [0.5, 0.6) is 0 Å². The molecule has 1 amide bonds. The van der Waals surface area contributed by atoms with E-state index in [-0.39, 0.29) is 30.2 Å². The van der Waals surface area contributed by atoms with Crippen LogP contribution in [-0.2, 0) is 16.1 Å². The van der Waals surface area contributed by atoms with Crippen LogP contribution in [0.25, 0.3) is 0 Å². The largest absolute Gasteiger partial charge is 0.481 e. The lowest BCUT2D eigenvalue weighted by Gasteiger charge is -2.18. The first-order valence-electron chi connectivity index (χ1n) is 7.83. The summed E-state index contributed by atoms with van der Waals surface area (Å²) in [7, 11) is 0. The first-order chi connectivity index (χ1) is 11.6. The highest BCUT2D eigenvalue weighted by molar-refractivity contribution is 5.96. The second kappa shape index (κ2) is 6.70. The number of carboxylic acid groups (broad SMARTS) is 1. The third-order valence-electron chi connectivity index (χ3n) is 4.26. The topological polar surface area (TPSA) is 79.6 Å². The average molecular weight is 326 g/mol. The van der Waals surface area contributed by atoms with E-state index < -0.39 is 5.97 Å². The summed E-state index contributed by atoms with van der Waals surface area (Å²) in [5, 5.41) is 9.07. The van der Waals surface area contributed by atoms with Gasteiger partial charge < -0.3 is 14.6 Å². The van der Waals surface area contributed by atoms with Crippen molar-refractivity contribution in [3.05, 3.63) is 64.6 Å². The number of para-hydroxylation sites is 1. The van der Waals surface area contributed by atoms with Crippen molar-refractivity contribution in [3.8, 4) is 0 Å². The Morgan fingerprint density at radius 1 is 1.12 bits per heavy atom. The van der Waals surface area contributed by atoms with E-state index in [2.05, 4.69) is 0 Å². The van der Waals surface area contributed by atoms with Gasteiger partial charge in [0.15, 0.2) is 0 Å². The van der Waals surface area contributed by atoms with E-state index in [1.54, 1.807) is 23.2 Å². The third kappa shape index (κ3) is 3.22. The van der Waals surface area contributed by atoms with E-state index in [1.165, 1.54) is 10.6 Å². The minimum atomic E-state index is -0.875. The van der Waals surface area contributed by atoms with Crippen LogP contribution >= 0.6 is 0 Å². The summed E-state index contributed by atoms with van der Waals surface area (Å²) in [4.78, 5) is 37.0. The lowest BCUT2D eigenvalue weighted by Crippen LogP contribution is -2.32. The monoisotopic (exact) mass is 326 g/mol. The second-order valence-corrected chi connectivity index (χ2v) is 5.84. The number of aliphatic carboxylic acids is 1. The highest BCUT2D eigenvalue weighted by Crippen LogP contribution is 2.38. The number of aromatic nitrogens is 1. The van der Waals surface area contributed by atoms with Crippen LogP contribution < -0.4 is 10.5 Å². The zero-order chi connectivity index (χ0) is 17.1. The van der Waals surface area contributed by atoms with Crippen LogP contribution in [0.15, 0.2) is 53.5 Å². The minimum Gasteiger partial charge on any atom is -0.481 e. The summed E-state index contributed by atoms with van der Waals surface area (Å²) < 4.78 is 1.49. The van der Waals surface area contributed by atoms with Crippen molar-refractivity contribution < 1.29 is 14.7 Å². The third-order valence-corrected chi connectivity index (χ3v) is 4.26. The van der Waals surface area contributed by atoms with Crippen LogP contribution in [0.2, 0.25) is 0 Å². The lowest BCUT2D eigenvalue weighted by atomic mass is 9.98. The van der Waals surface area contributed by atoms with Gasteiger partial charge >= 0.3 is 5.97 Å². The number of rotatable bonds is 5. The quantitative estimate of drug-likeness (QED) is 0.909. The Morgan fingerprint density at radius 3 is 2.62 bits per heavy atom. The molecule has 1 aromatic carbocycles. The van der Waals surface area contributed by atoms with Crippen molar-refractivity contribution in [1.29, 1.82) is 0 Å². The van der Waals surface area contributed by atoms with Crippen molar-refractivity contribution >= 4 is 17.6 Å². The molecule has 3 rings (SSSR count). The number of amides is 1. The van der Waals surface area contributed by atoms with Crippen LogP contribution in [0.1, 0.15) is 24.3 Å². The van der Waals surface area contributed by atoms with E-state index in [9.17, 15) is 14.4 Å². The summed E-state index contributed by atoms with van der Waals surface area (Å²) in [6.07, 6.45) is 1.84. The fraction of sp³-hybridized carbons (Fsp3) is 0.278. The standard InChI is InChI=1S/C18H18N2O4/c21-16-7-3-4-9-19(16)10-8-17(22)20-12-13(11-18(23)24)14-5-1-2-6-15(14)20/h1-7,9,13H,8,10-12H2,(H,23,24). The van der Waals surface area contributed by atoms with E-state index in [4.69, 9.17) is 5.11 Å². The summed E-state index contributed by atoms with van der Waals surface area (Å²) in [6.45, 7) is 0.676. The Balaban J connectivity index is 1.75. The number of fused-ring (bicyclic) bond motifs is 1. The molecule has 24 heavy (non-hydrogen) atoms. The fourth-order valence-electron chi connectivity index (χ4n) is 3.11. The molecule has 1 atom stereocenters. The van der Waals surface area contributed by atoms with Gasteiger partial charge in [-0.3, -0.25) is 14.4 Å². The maximum absolute atomic E-state index is 12.6. The van der Waals surface area contributed by atoms with Gasteiger partial charge in [-0.1, -0.05) is 24.3 Å². The van der Waals surface area contributed by atoms with Gasteiger partial charge in [0, 0.05) is 43.4 Å². The molecule has 6 heteroatoms. The number of carbonyl (C=O) groups excluding carboxylic acids is 1. The Bertz CT molecular complexity index is 828. The molecule has 124 valence electrons. The summed E-state index contributed by atoms with van der Waals surface area (Å²) in [5.74, 6) is -1.17. The van der Waals surface area contributed by atoms with Gasteiger partial charge in [-0.15, -0.1) is 0 Å². The van der Waals surface area contributed by atoms with Crippen LogP contribution in [-0.4, -0.2) is 28.1 Å². The van der Waals surface area contributed by atoms with E-state index in [1.807, 2.05) is 24.3 Å². The molecular formula is C18H18N2O4. The van der Waals surface area contributed by atoms with Crippen molar-refractivity contribution in [1.82, 2.24) is 4.57 Å². The zero-order valence-corrected chi connectivity index (χ0v) is 13.1. The van der Waals surface area contributed by atoms with E-state index in [0.29, 0.717) is 13.1 Å². The molecule has 1 unspecified atom stereocenters. The number of anilines is 1. The van der Waals surface area contributed by atoms with E-state index in [0.717, 1.165) is 11.3 Å². The lowest BCUT2D eigenvalue weighted by molar-refractivity contribution is -0.137. The number of pyridine rings is 1. The minimum absolute atomic E-state index is 0.00105. The van der Waals surface area contributed by atoms with Gasteiger partial charge in [-0.25, -0.2) is 0 Å². The number of nitrogens with zero attached hydrogens (tertiary/aromatic N) is 2. The highest BCUT2D eigenvalue weighted by Gasteiger charge is 2.32. The maximum Gasteiger partial charge on any atom is 0.304 e. The molecule has 1 aromatic heterocycles. The Labute approximate surface area is 139 Å².